The maximum atomic E-state index is 5.68. The second-order valence-electron chi connectivity index (χ2n) is 4.96. The van der Waals surface area contributed by atoms with Crippen LogP contribution >= 0.6 is 0 Å². The van der Waals surface area contributed by atoms with Gasteiger partial charge in [-0.3, -0.25) is 0 Å². The zero-order valence-electron chi connectivity index (χ0n) is 9.20. The van der Waals surface area contributed by atoms with Gasteiger partial charge in [0.1, 0.15) is 0 Å². The van der Waals surface area contributed by atoms with Crippen LogP contribution in [-0.4, -0.2) is 18.6 Å². The van der Waals surface area contributed by atoms with Gasteiger partial charge in [-0.15, -0.1) is 0 Å². The lowest BCUT2D eigenvalue weighted by Crippen LogP contribution is -2.44. The van der Waals surface area contributed by atoms with Crippen molar-refractivity contribution in [1.29, 1.82) is 0 Å². The van der Waals surface area contributed by atoms with Gasteiger partial charge >= 0.3 is 0 Å². The highest BCUT2D eigenvalue weighted by Crippen LogP contribution is 2.26. The van der Waals surface area contributed by atoms with Crippen LogP contribution in [0.1, 0.15) is 41.0 Å². The SMILES string of the molecule is CCNC(C)(C)CC(C)(C)CN. The van der Waals surface area contributed by atoms with E-state index in [1.807, 2.05) is 0 Å². The summed E-state index contributed by atoms with van der Waals surface area (Å²) < 4.78 is 0. The van der Waals surface area contributed by atoms with Gasteiger partial charge < -0.3 is 11.1 Å². The smallest absolute Gasteiger partial charge is 0.0130 e. The molecule has 0 atom stereocenters. The summed E-state index contributed by atoms with van der Waals surface area (Å²) in [6, 6.07) is 0. The number of nitrogens with one attached hydrogen (secondary N) is 1. The van der Waals surface area contributed by atoms with E-state index >= 15 is 0 Å². The summed E-state index contributed by atoms with van der Waals surface area (Å²) in [5.41, 5.74) is 6.13. The summed E-state index contributed by atoms with van der Waals surface area (Å²) in [6.07, 6.45) is 1.12. The molecule has 0 aliphatic rings. The summed E-state index contributed by atoms with van der Waals surface area (Å²) in [6.45, 7) is 12.8. The fraction of sp³-hybridized carbons (Fsp3) is 1.00. The minimum absolute atomic E-state index is 0.206. The standard InChI is InChI=1S/C10H24N2/c1-6-12-10(4,5)7-9(2,3)8-11/h12H,6-8,11H2,1-5H3. The summed E-state index contributed by atoms with van der Waals surface area (Å²) in [4.78, 5) is 0. The fourth-order valence-corrected chi connectivity index (χ4v) is 1.81. The van der Waals surface area contributed by atoms with Crippen molar-refractivity contribution in [3.05, 3.63) is 0 Å². The van der Waals surface area contributed by atoms with E-state index in [-0.39, 0.29) is 11.0 Å². The molecule has 0 spiro atoms. The second kappa shape index (κ2) is 4.24. The zero-order chi connectivity index (χ0) is 9.83. The topological polar surface area (TPSA) is 38.0 Å². The average Bonchev–Trinajstić information content (AvgIpc) is 1.85. The molecular formula is C10H24N2. The molecular weight excluding hydrogens is 148 g/mol. The Balaban J connectivity index is 4.04. The lowest BCUT2D eigenvalue weighted by atomic mass is 9.80. The molecule has 0 radical (unpaired) electrons. The van der Waals surface area contributed by atoms with Crippen LogP contribution in [0.3, 0.4) is 0 Å². The minimum atomic E-state index is 0.206. The van der Waals surface area contributed by atoms with Gasteiger partial charge in [0.2, 0.25) is 0 Å². The van der Waals surface area contributed by atoms with E-state index in [0.717, 1.165) is 19.5 Å². The molecule has 0 saturated heterocycles. The molecule has 0 amide bonds. The number of hydrogen-bond acceptors (Lipinski definition) is 2. The van der Waals surface area contributed by atoms with E-state index in [2.05, 4.69) is 39.9 Å². The maximum Gasteiger partial charge on any atom is 0.0130 e. The van der Waals surface area contributed by atoms with Crippen molar-refractivity contribution in [2.45, 2.75) is 46.6 Å². The molecule has 0 bridgehead atoms. The van der Waals surface area contributed by atoms with Crippen molar-refractivity contribution in [2.75, 3.05) is 13.1 Å². The van der Waals surface area contributed by atoms with Gasteiger partial charge in [-0.2, -0.15) is 0 Å². The van der Waals surface area contributed by atoms with Crippen LogP contribution in [0.25, 0.3) is 0 Å². The van der Waals surface area contributed by atoms with Gasteiger partial charge in [0.25, 0.3) is 0 Å². The number of hydrogen-bond donors (Lipinski definition) is 2. The van der Waals surface area contributed by atoms with Crippen LogP contribution in [0, 0.1) is 5.41 Å². The fourth-order valence-electron chi connectivity index (χ4n) is 1.81. The molecule has 0 aliphatic carbocycles. The van der Waals surface area contributed by atoms with Gasteiger partial charge in [0, 0.05) is 5.54 Å². The Morgan fingerprint density at radius 1 is 1.17 bits per heavy atom. The van der Waals surface area contributed by atoms with Crippen molar-refractivity contribution in [3.63, 3.8) is 0 Å². The Kier molecular flexibility index (Phi) is 4.21. The van der Waals surface area contributed by atoms with Crippen LogP contribution in [0.5, 0.6) is 0 Å². The van der Waals surface area contributed by atoms with Gasteiger partial charge in [0.15, 0.2) is 0 Å². The molecule has 0 rings (SSSR count). The van der Waals surface area contributed by atoms with Crippen LogP contribution < -0.4 is 11.1 Å². The van der Waals surface area contributed by atoms with E-state index in [4.69, 9.17) is 5.73 Å². The Labute approximate surface area is 76.9 Å². The Morgan fingerprint density at radius 3 is 2.00 bits per heavy atom. The van der Waals surface area contributed by atoms with Gasteiger partial charge in [-0.05, 0) is 38.8 Å². The molecule has 12 heavy (non-hydrogen) atoms. The molecule has 0 heterocycles. The number of rotatable bonds is 5. The molecule has 74 valence electrons. The Bertz CT molecular complexity index is 128. The summed E-state index contributed by atoms with van der Waals surface area (Å²) in [7, 11) is 0. The third kappa shape index (κ3) is 4.73. The molecule has 2 nitrogen and oxygen atoms in total. The molecule has 0 unspecified atom stereocenters. The summed E-state index contributed by atoms with van der Waals surface area (Å²) in [5.74, 6) is 0. The van der Waals surface area contributed by atoms with Gasteiger partial charge in [-0.25, -0.2) is 0 Å². The molecule has 0 aromatic carbocycles. The van der Waals surface area contributed by atoms with Crippen molar-refractivity contribution >= 4 is 0 Å². The molecule has 0 aromatic rings. The van der Waals surface area contributed by atoms with Crippen LogP contribution in [0.4, 0.5) is 0 Å². The molecule has 0 saturated carbocycles. The first kappa shape index (κ1) is 11.9. The zero-order valence-corrected chi connectivity index (χ0v) is 9.20. The second-order valence-corrected chi connectivity index (χ2v) is 4.96. The Hall–Kier alpha value is -0.0800. The average molecular weight is 172 g/mol. The van der Waals surface area contributed by atoms with Gasteiger partial charge in [0.05, 0.1) is 0 Å². The quantitative estimate of drug-likeness (QED) is 0.663. The predicted octanol–water partition coefficient (Wildman–Crippen LogP) is 1.75. The highest BCUT2D eigenvalue weighted by molar-refractivity contribution is 4.85. The third-order valence-electron chi connectivity index (χ3n) is 2.13. The van der Waals surface area contributed by atoms with E-state index < -0.39 is 0 Å². The van der Waals surface area contributed by atoms with Crippen LogP contribution in [-0.2, 0) is 0 Å². The lowest BCUT2D eigenvalue weighted by molar-refractivity contribution is 0.232. The number of nitrogens with two attached hydrogens (primary N) is 1. The van der Waals surface area contributed by atoms with Crippen LogP contribution in [0.2, 0.25) is 0 Å². The largest absolute Gasteiger partial charge is 0.330 e. The lowest BCUT2D eigenvalue weighted by Gasteiger charge is -2.34. The summed E-state index contributed by atoms with van der Waals surface area (Å²) >= 11 is 0. The van der Waals surface area contributed by atoms with Crippen molar-refractivity contribution < 1.29 is 0 Å². The predicted molar refractivity (Wildman–Crippen MR) is 55.2 cm³/mol. The monoisotopic (exact) mass is 172 g/mol. The van der Waals surface area contributed by atoms with E-state index in [1.54, 1.807) is 0 Å². The van der Waals surface area contributed by atoms with Crippen molar-refractivity contribution in [2.24, 2.45) is 11.1 Å². The molecule has 2 heteroatoms. The highest BCUT2D eigenvalue weighted by atomic mass is 14.9. The first-order valence-electron chi connectivity index (χ1n) is 4.78. The first-order chi connectivity index (χ1) is 5.33. The normalized spacial score (nSPS) is 13.5. The maximum absolute atomic E-state index is 5.68. The first-order valence-corrected chi connectivity index (χ1v) is 4.78. The Morgan fingerprint density at radius 2 is 1.67 bits per heavy atom. The molecule has 0 fully saturated rings. The van der Waals surface area contributed by atoms with Crippen LogP contribution in [0.15, 0.2) is 0 Å². The minimum Gasteiger partial charge on any atom is -0.330 e. The molecule has 3 N–H and O–H groups in total. The summed E-state index contributed by atoms with van der Waals surface area (Å²) in [5, 5.41) is 3.46. The van der Waals surface area contributed by atoms with E-state index in [9.17, 15) is 0 Å². The molecule has 0 aromatic heterocycles. The van der Waals surface area contributed by atoms with Gasteiger partial charge in [-0.1, -0.05) is 20.8 Å². The van der Waals surface area contributed by atoms with E-state index in [0.29, 0.717) is 0 Å². The highest BCUT2D eigenvalue weighted by Gasteiger charge is 2.26. The van der Waals surface area contributed by atoms with Crippen molar-refractivity contribution in [1.82, 2.24) is 5.32 Å². The van der Waals surface area contributed by atoms with Crippen molar-refractivity contribution in [3.8, 4) is 0 Å². The molecule has 0 aliphatic heterocycles. The third-order valence-corrected chi connectivity index (χ3v) is 2.13. The van der Waals surface area contributed by atoms with E-state index in [1.165, 1.54) is 0 Å².